The van der Waals surface area contributed by atoms with E-state index in [0.717, 1.165) is 61.3 Å². The molecule has 2 N–H and O–H groups in total. The van der Waals surface area contributed by atoms with Crippen molar-refractivity contribution >= 4 is 40.6 Å². The summed E-state index contributed by atoms with van der Waals surface area (Å²) in [7, 11) is 2.19. The molecule has 3 aliphatic heterocycles. The number of fused-ring (bicyclic) bond motifs is 1. The summed E-state index contributed by atoms with van der Waals surface area (Å²) < 4.78 is 0. The number of halogens is 2. The Bertz CT molecular complexity index is 1060. The number of nitrogens with two attached hydrogens (primary N) is 1. The topological polar surface area (TPSA) is 60.5 Å². The zero-order valence-corrected chi connectivity index (χ0v) is 20.4. The van der Waals surface area contributed by atoms with Crippen molar-refractivity contribution in [3.05, 3.63) is 63.6 Å². The van der Waals surface area contributed by atoms with Gasteiger partial charge in [0.1, 0.15) is 11.7 Å². The minimum atomic E-state index is 0.390. The second kappa shape index (κ2) is 9.53. The third-order valence-corrected chi connectivity index (χ3v) is 7.56. The van der Waals surface area contributed by atoms with Gasteiger partial charge in [-0.15, -0.1) is 10.2 Å². The summed E-state index contributed by atoms with van der Waals surface area (Å²) in [6.07, 6.45) is 3.84. The number of rotatable bonds is 3. The van der Waals surface area contributed by atoms with Crippen LogP contribution in [0.5, 0.6) is 0 Å². The summed E-state index contributed by atoms with van der Waals surface area (Å²) in [6, 6.07) is 15.5. The fourth-order valence-corrected chi connectivity index (χ4v) is 5.71. The minimum absolute atomic E-state index is 0.390. The van der Waals surface area contributed by atoms with Crippen LogP contribution in [-0.2, 0) is 13.0 Å². The predicted octanol–water partition coefficient (Wildman–Crippen LogP) is 4.40. The summed E-state index contributed by atoms with van der Waals surface area (Å²) >= 11 is 12.6. The van der Waals surface area contributed by atoms with Crippen molar-refractivity contribution < 1.29 is 0 Å². The zero-order valence-electron chi connectivity index (χ0n) is 18.9. The molecule has 0 radical (unpaired) electrons. The lowest BCUT2D eigenvalue weighted by molar-refractivity contribution is 0.0881. The fourth-order valence-electron chi connectivity index (χ4n) is 5.39. The van der Waals surface area contributed by atoms with Crippen LogP contribution in [0.4, 0.5) is 5.69 Å². The van der Waals surface area contributed by atoms with Crippen LogP contribution in [0.3, 0.4) is 0 Å². The van der Waals surface area contributed by atoms with Gasteiger partial charge in [0.15, 0.2) is 0 Å². The number of benzene rings is 2. The molecule has 5 rings (SSSR count). The van der Waals surface area contributed by atoms with Crippen molar-refractivity contribution in [2.75, 3.05) is 31.6 Å². The Morgan fingerprint density at radius 1 is 1.00 bits per heavy atom. The van der Waals surface area contributed by atoms with E-state index >= 15 is 0 Å². The number of hydrogen-bond donors (Lipinski definition) is 1. The maximum Gasteiger partial charge on any atom is 0.135 e. The van der Waals surface area contributed by atoms with Gasteiger partial charge in [-0.1, -0.05) is 35.3 Å². The maximum atomic E-state index is 6.41. The molecule has 0 amide bonds. The van der Waals surface area contributed by atoms with E-state index in [1.807, 2.05) is 18.2 Å². The maximum absolute atomic E-state index is 6.41. The van der Waals surface area contributed by atoms with Crippen molar-refractivity contribution in [2.45, 2.75) is 44.3 Å². The first kappa shape index (κ1) is 22.5. The zero-order chi connectivity index (χ0) is 22.9. The molecule has 0 spiro atoms. The van der Waals surface area contributed by atoms with Crippen molar-refractivity contribution in [1.82, 2.24) is 9.80 Å². The largest absolute Gasteiger partial charge is 0.385 e. The molecule has 0 aromatic heterocycles. The highest BCUT2D eigenvalue weighted by Crippen LogP contribution is 2.33. The van der Waals surface area contributed by atoms with E-state index in [4.69, 9.17) is 28.9 Å². The Morgan fingerprint density at radius 2 is 1.73 bits per heavy atom. The average Bonchev–Trinajstić information content (AvgIpc) is 3.19. The first-order valence-corrected chi connectivity index (χ1v) is 12.4. The van der Waals surface area contributed by atoms with Crippen molar-refractivity contribution in [1.29, 1.82) is 0 Å². The quantitative estimate of drug-likeness (QED) is 0.701. The molecule has 3 heterocycles. The summed E-state index contributed by atoms with van der Waals surface area (Å²) in [6.45, 7) is 3.83. The van der Waals surface area contributed by atoms with Gasteiger partial charge >= 0.3 is 0 Å². The molecule has 1 unspecified atom stereocenters. The van der Waals surface area contributed by atoms with Gasteiger partial charge in [-0.2, -0.15) is 0 Å². The van der Waals surface area contributed by atoms with Gasteiger partial charge in [0.25, 0.3) is 0 Å². The van der Waals surface area contributed by atoms with Crippen LogP contribution in [0.15, 0.2) is 52.7 Å². The highest BCUT2D eigenvalue weighted by Gasteiger charge is 2.34. The standard InChI is InChI=1S/C25H30Cl2N6/c1-31-16-22(12-17-2-4-19(26)5-3-17)33(15-18-13-20(27)6-7-23(18)31)21-8-10-32(11-9-21)25-14-24(28)29-30-25/h2-7,13,21-22H,8-12,14-16H2,1H3,(H2,28,29). The number of anilines is 1. The van der Waals surface area contributed by atoms with E-state index in [1.54, 1.807) is 0 Å². The predicted molar refractivity (Wildman–Crippen MR) is 137 cm³/mol. The second-order valence-electron chi connectivity index (χ2n) is 9.31. The fraction of sp³-hybridized carbons (Fsp3) is 0.440. The summed E-state index contributed by atoms with van der Waals surface area (Å²) in [5.74, 6) is 1.62. The first-order chi connectivity index (χ1) is 16.0. The van der Waals surface area contributed by atoms with Gasteiger partial charge in [0, 0.05) is 61.0 Å². The van der Waals surface area contributed by atoms with Crippen LogP contribution < -0.4 is 10.6 Å². The summed E-state index contributed by atoms with van der Waals surface area (Å²) in [4.78, 5) is 7.45. The smallest absolute Gasteiger partial charge is 0.135 e. The third-order valence-electron chi connectivity index (χ3n) is 7.08. The van der Waals surface area contributed by atoms with E-state index in [9.17, 15) is 0 Å². The molecule has 174 valence electrons. The average molecular weight is 485 g/mol. The number of likely N-dealkylation sites (N-methyl/N-ethyl adjacent to an activating group) is 1. The van der Waals surface area contributed by atoms with Crippen molar-refractivity contribution in [3.8, 4) is 0 Å². The van der Waals surface area contributed by atoms with Crippen LogP contribution in [0.1, 0.15) is 30.4 Å². The number of piperidine rings is 1. The van der Waals surface area contributed by atoms with Gasteiger partial charge in [-0.3, -0.25) is 4.90 Å². The Labute approximate surface area is 205 Å². The van der Waals surface area contributed by atoms with E-state index < -0.39 is 0 Å². The molecule has 2 aromatic rings. The summed E-state index contributed by atoms with van der Waals surface area (Å²) in [5, 5.41) is 9.88. The first-order valence-electron chi connectivity index (χ1n) is 11.6. The number of likely N-dealkylation sites (tertiary alicyclic amines) is 1. The van der Waals surface area contributed by atoms with Gasteiger partial charge < -0.3 is 15.5 Å². The number of nitrogens with zero attached hydrogens (tertiary/aromatic N) is 5. The van der Waals surface area contributed by atoms with Gasteiger partial charge in [0.05, 0.1) is 6.42 Å². The van der Waals surface area contributed by atoms with E-state index in [1.165, 1.54) is 16.8 Å². The van der Waals surface area contributed by atoms with Crippen molar-refractivity contribution in [2.24, 2.45) is 15.9 Å². The summed E-state index contributed by atoms with van der Waals surface area (Å²) in [5.41, 5.74) is 9.73. The highest BCUT2D eigenvalue weighted by molar-refractivity contribution is 6.31. The molecule has 3 aliphatic rings. The van der Waals surface area contributed by atoms with Crippen LogP contribution >= 0.6 is 23.2 Å². The van der Waals surface area contributed by atoms with Crippen LogP contribution in [0.2, 0.25) is 10.0 Å². The molecule has 6 nitrogen and oxygen atoms in total. The second-order valence-corrected chi connectivity index (χ2v) is 10.2. The monoisotopic (exact) mass is 484 g/mol. The lowest BCUT2D eigenvalue weighted by atomic mass is 9.97. The van der Waals surface area contributed by atoms with Gasteiger partial charge in [0.2, 0.25) is 0 Å². The van der Waals surface area contributed by atoms with Crippen LogP contribution in [0.25, 0.3) is 0 Å². The Kier molecular flexibility index (Phi) is 6.50. The normalized spacial score (nSPS) is 22.1. The molecule has 0 saturated carbocycles. The van der Waals surface area contributed by atoms with Crippen LogP contribution in [-0.4, -0.2) is 60.2 Å². The van der Waals surface area contributed by atoms with Gasteiger partial charge in [-0.25, -0.2) is 0 Å². The molecule has 33 heavy (non-hydrogen) atoms. The molecular formula is C25H30Cl2N6. The molecule has 1 atom stereocenters. The lowest BCUT2D eigenvalue weighted by Gasteiger charge is -2.42. The number of amidine groups is 2. The Morgan fingerprint density at radius 3 is 2.42 bits per heavy atom. The molecule has 0 bridgehead atoms. The highest BCUT2D eigenvalue weighted by atomic mass is 35.5. The lowest BCUT2D eigenvalue weighted by Crippen LogP contribution is -2.52. The van der Waals surface area contributed by atoms with E-state index in [-0.39, 0.29) is 0 Å². The SMILES string of the molecule is CN1CC(Cc2ccc(Cl)cc2)N(C2CCN(C3=NN=C(N)C3)CC2)Cc2cc(Cl)ccc21. The van der Waals surface area contributed by atoms with E-state index in [2.05, 4.69) is 56.2 Å². The molecule has 0 aliphatic carbocycles. The molecule has 1 saturated heterocycles. The number of hydrogen-bond acceptors (Lipinski definition) is 6. The third kappa shape index (κ3) is 4.98. The molecular weight excluding hydrogens is 455 g/mol. The molecule has 1 fully saturated rings. The van der Waals surface area contributed by atoms with Crippen molar-refractivity contribution in [3.63, 3.8) is 0 Å². The van der Waals surface area contributed by atoms with E-state index in [0.29, 0.717) is 24.3 Å². The van der Waals surface area contributed by atoms with Crippen LogP contribution in [0, 0.1) is 0 Å². The Balaban J connectivity index is 1.38. The molecule has 8 heteroatoms. The Hall–Kier alpha value is -2.28. The molecule has 2 aromatic carbocycles. The van der Waals surface area contributed by atoms with Gasteiger partial charge in [-0.05, 0) is 60.7 Å². The minimum Gasteiger partial charge on any atom is -0.385 e.